The van der Waals surface area contributed by atoms with Gasteiger partial charge in [-0.2, -0.15) is 12.2 Å². The molecule has 0 atom stereocenters. The second-order valence-electron chi connectivity index (χ2n) is 10.4. The molecule has 0 nitrogen and oxygen atoms in total. The van der Waals surface area contributed by atoms with E-state index in [0.29, 0.717) is 0 Å². The Morgan fingerprint density at radius 2 is 1.00 bits per heavy atom. The standard InChI is InChI=1S/2C11H18Si.2C5H5.2ClH.2Zr/c2*1-2-8-12(9-5-10-12)11-6-3-4-7-11;2*1-2-4-5-3-1;;;;/h2*3-4,6H,2,5,7-10H2,1H3;2*1-3H,4H2;2*1H;;/q;;2*-1;;;;/p-2. The number of hydrogen-bond donors (Lipinski definition) is 0. The van der Waals surface area contributed by atoms with Crippen molar-refractivity contribution < 1.29 is 77.2 Å². The number of hydrogen-bond acceptors (Lipinski definition) is 0. The molecule has 6 heteroatoms. The Labute approximate surface area is 287 Å². The van der Waals surface area contributed by atoms with Crippen LogP contribution in [-0.2, 0) is 52.4 Å². The SMILES string of the molecule is CCC[Si]1(C2=CC=CC2)CCC1.CCC[Si]1(C2=CC=CC2)CCC1.[C-]1=CC=CC1.[C-]1=CC=CC1.[Cl-].[Cl-].[Zr].[Zr]. The van der Waals surface area contributed by atoms with Gasteiger partial charge in [0.25, 0.3) is 0 Å². The fraction of sp³-hybridized carbons (Fsp3) is 0.500. The first-order chi connectivity index (χ1) is 16.7. The molecular formula is C32H46Cl2Si2Zr2-4. The van der Waals surface area contributed by atoms with E-state index in [0.717, 1.165) is 12.8 Å². The largest absolute Gasteiger partial charge is 1.00 e. The summed E-state index contributed by atoms with van der Waals surface area (Å²) in [5.74, 6) is 0. The predicted molar refractivity (Wildman–Crippen MR) is 157 cm³/mol. The van der Waals surface area contributed by atoms with Crippen LogP contribution in [0, 0.1) is 12.2 Å². The van der Waals surface area contributed by atoms with Crippen LogP contribution in [-0.4, -0.2) is 16.1 Å². The number of allylic oxidation sites excluding steroid dienone is 16. The fourth-order valence-corrected chi connectivity index (χ4v) is 15.2. The first kappa shape index (κ1) is 40.8. The smallest absolute Gasteiger partial charge is 0.0819 e. The normalized spacial score (nSPS) is 20.6. The summed E-state index contributed by atoms with van der Waals surface area (Å²) in [4.78, 5) is 0. The van der Waals surface area contributed by atoms with Crippen molar-refractivity contribution in [1.29, 1.82) is 0 Å². The first-order valence-corrected chi connectivity index (χ1v) is 19.1. The summed E-state index contributed by atoms with van der Waals surface area (Å²) in [5, 5.41) is 3.71. The Balaban J connectivity index is 0. The molecule has 0 N–H and O–H groups in total. The molecule has 2 saturated heterocycles. The monoisotopic (exact) mass is 736 g/mol. The maximum Gasteiger partial charge on any atom is 0.0819 e. The average Bonchev–Trinajstić information content (AvgIpc) is 3.62. The van der Waals surface area contributed by atoms with Gasteiger partial charge in [0.15, 0.2) is 0 Å². The van der Waals surface area contributed by atoms with Crippen LogP contribution >= 0.6 is 0 Å². The van der Waals surface area contributed by atoms with Crippen molar-refractivity contribution in [2.75, 3.05) is 0 Å². The van der Waals surface area contributed by atoms with Crippen molar-refractivity contribution in [2.45, 2.75) is 101 Å². The van der Waals surface area contributed by atoms with E-state index in [4.69, 9.17) is 0 Å². The Kier molecular flexibility index (Phi) is 25.0. The molecule has 2 heterocycles. The summed E-state index contributed by atoms with van der Waals surface area (Å²) in [6.07, 6.45) is 42.5. The summed E-state index contributed by atoms with van der Waals surface area (Å²) in [5.41, 5.74) is 0. The minimum absolute atomic E-state index is 0. The Morgan fingerprint density at radius 3 is 1.16 bits per heavy atom. The molecule has 0 aromatic rings. The molecule has 0 unspecified atom stereocenters. The van der Waals surface area contributed by atoms with Gasteiger partial charge in [-0.05, 0) is 12.8 Å². The molecule has 0 saturated carbocycles. The summed E-state index contributed by atoms with van der Waals surface area (Å²) >= 11 is 0. The molecule has 2 fully saturated rings. The topological polar surface area (TPSA) is 0 Å². The molecule has 6 rings (SSSR count). The first-order valence-electron chi connectivity index (χ1n) is 13.9. The van der Waals surface area contributed by atoms with Crippen LogP contribution in [0.25, 0.3) is 0 Å². The van der Waals surface area contributed by atoms with Crippen molar-refractivity contribution in [3.63, 3.8) is 0 Å². The van der Waals surface area contributed by atoms with Gasteiger partial charge in [-0.3, -0.25) is 12.2 Å². The zero-order valence-electron chi connectivity index (χ0n) is 23.6. The van der Waals surface area contributed by atoms with E-state index in [1.807, 2.05) is 34.7 Å². The van der Waals surface area contributed by atoms with Crippen LogP contribution in [0.2, 0.25) is 36.3 Å². The van der Waals surface area contributed by atoms with Crippen molar-refractivity contribution in [2.24, 2.45) is 0 Å². The van der Waals surface area contributed by atoms with Gasteiger partial charge >= 0.3 is 0 Å². The second-order valence-corrected chi connectivity index (χ2v) is 19.8. The molecule has 0 spiro atoms. The quantitative estimate of drug-likeness (QED) is 0.286. The molecule has 0 radical (unpaired) electrons. The van der Waals surface area contributed by atoms with Gasteiger partial charge < -0.3 is 24.8 Å². The molecule has 4 aliphatic carbocycles. The van der Waals surface area contributed by atoms with E-state index < -0.39 is 16.1 Å². The predicted octanol–water partition coefficient (Wildman–Crippen LogP) is 3.96. The van der Waals surface area contributed by atoms with Crippen molar-refractivity contribution >= 4 is 16.1 Å². The van der Waals surface area contributed by atoms with Crippen LogP contribution < -0.4 is 24.8 Å². The van der Waals surface area contributed by atoms with E-state index >= 15 is 0 Å². The van der Waals surface area contributed by atoms with E-state index in [2.05, 4.69) is 74.6 Å². The van der Waals surface area contributed by atoms with E-state index in [-0.39, 0.29) is 77.2 Å². The number of halogens is 2. The molecule has 0 aromatic carbocycles. The third-order valence-electron chi connectivity index (χ3n) is 8.16. The van der Waals surface area contributed by atoms with Crippen molar-refractivity contribution in [3.05, 3.63) is 95.5 Å². The van der Waals surface area contributed by atoms with Gasteiger partial charge in [-0.25, -0.2) is 24.3 Å². The minimum Gasteiger partial charge on any atom is -1.00 e. The fourth-order valence-electron chi connectivity index (χ4n) is 5.99. The van der Waals surface area contributed by atoms with Gasteiger partial charge in [0.2, 0.25) is 0 Å². The van der Waals surface area contributed by atoms with Gasteiger partial charge in [0, 0.05) is 52.4 Å². The van der Waals surface area contributed by atoms with Crippen LogP contribution in [0.15, 0.2) is 83.3 Å². The maximum absolute atomic E-state index is 2.99. The van der Waals surface area contributed by atoms with E-state index in [9.17, 15) is 0 Å². The van der Waals surface area contributed by atoms with E-state index in [1.165, 1.54) is 38.5 Å². The van der Waals surface area contributed by atoms with Crippen molar-refractivity contribution in [1.82, 2.24) is 0 Å². The minimum atomic E-state index is -0.811. The van der Waals surface area contributed by atoms with Gasteiger partial charge in [-0.1, -0.05) is 123 Å². The third kappa shape index (κ3) is 12.7. The maximum atomic E-state index is 2.99. The van der Waals surface area contributed by atoms with Crippen LogP contribution in [0.1, 0.15) is 65.2 Å². The Hall–Kier alpha value is 0.700. The number of rotatable bonds is 6. The molecule has 0 aromatic heterocycles. The molecule has 6 aliphatic rings. The molecular weight excluding hydrogens is 694 g/mol. The van der Waals surface area contributed by atoms with Crippen molar-refractivity contribution in [3.8, 4) is 0 Å². The molecule has 2 aliphatic heterocycles. The summed E-state index contributed by atoms with van der Waals surface area (Å²) in [6, 6.07) is 9.48. The van der Waals surface area contributed by atoms with Crippen LogP contribution in [0.4, 0.5) is 0 Å². The molecule has 0 amide bonds. The summed E-state index contributed by atoms with van der Waals surface area (Å²) in [6.45, 7) is 4.69. The van der Waals surface area contributed by atoms with Gasteiger partial charge in [0.1, 0.15) is 0 Å². The average molecular weight is 740 g/mol. The summed E-state index contributed by atoms with van der Waals surface area (Å²) in [7, 11) is -1.62. The van der Waals surface area contributed by atoms with E-state index in [1.54, 1.807) is 36.3 Å². The summed E-state index contributed by atoms with van der Waals surface area (Å²) < 4.78 is 0. The molecule has 38 heavy (non-hydrogen) atoms. The second kappa shape index (κ2) is 23.3. The third-order valence-corrected chi connectivity index (χ3v) is 19.8. The van der Waals surface area contributed by atoms with Gasteiger partial charge in [-0.15, -0.1) is 12.8 Å². The zero-order chi connectivity index (χ0) is 24.0. The molecule has 208 valence electrons. The Bertz CT molecular complexity index is 782. The zero-order valence-corrected chi connectivity index (χ0v) is 32.0. The van der Waals surface area contributed by atoms with Gasteiger partial charge in [0.05, 0.1) is 16.1 Å². The van der Waals surface area contributed by atoms with Crippen LogP contribution in [0.5, 0.6) is 0 Å². The molecule has 0 bridgehead atoms. The van der Waals surface area contributed by atoms with Crippen LogP contribution in [0.3, 0.4) is 0 Å². The Morgan fingerprint density at radius 1 is 0.605 bits per heavy atom.